The lowest BCUT2D eigenvalue weighted by molar-refractivity contribution is 0.0327. The number of aliphatic hydroxyl groups is 3. The highest BCUT2D eigenvalue weighted by Crippen LogP contribution is 2.29. The maximum atomic E-state index is 9.60. The van der Waals surface area contributed by atoms with Crippen LogP contribution in [0.15, 0.2) is 60.9 Å². The summed E-state index contributed by atoms with van der Waals surface area (Å²) in [5.74, 6) is 1.39. The normalized spacial score (nSPS) is 14.6. The fourth-order valence-corrected chi connectivity index (χ4v) is 2.52. The molecule has 5 nitrogen and oxygen atoms in total. The van der Waals surface area contributed by atoms with Gasteiger partial charge in [-0.2, -0.15) is 0 Å². The van der Waals surface area contributed by atoms with Crippen molar-refractivity contribution in [2.45, 2.75) is 50.6 Å². The zero-order valence-corrected chi connectivity index (χ0v) is 17.9. The first-order chi connectivity index (χ1) is 13.8. The summed E-state index contributed by atoms with van der Waals surface area (Å²) in [5.41, 5.74) is 1.09. The van der Waals surface area contributed by atoms with Crippen LogP contribution in [-0.2, 0) is 10.2 Å². The smallest absolute Gasteiger partial charge is 0.119 e. The Bertz CT molecular complexity index is 652. The van der Waals surface area contributed by atoms with E-state index in [-0.39, 0.29) is 18.6 Å². The third-order valence-electron chi connectivity index (χ3n) is 4.60. The molecule has 1 aromatic rings. The molecule has 0 saturated heterocycles. The Kier molecular flexibility index (Phi) is 11.4. The molecule has 0 radical (unpaired) electrons. The predicted octanol–water partition coefficient (Wildman–Crippen LogP) is 2.53. The largest absolute Gasteiger partial charge is 0.491 e. The first-order valence-electron chi connectivity index (χ1n) is 10.1. The van der Waals surface area contributed by atoms with Gasteiger partial charge in [0.15, 0.2) is 0 Å². The molecule has 1 rings (SSSR count). The topological polar surface area (TPSA) is 79.2 Å². The van der Waals surface area contributed by atoms with Gasteiger partial charge in [-0.15, -0.1) is 6.58 Å². The molecule has 0 heterocycles. The number of benzene rings is 1. The second-order valence-electron chi connectivity index (χ2n) is 7.67. The molecule has 3 N–H and O–H groups in total. The molecule has 0 aliphatic carbocycles. The van der Waals surface area contributed by atoms with Crippen molar-refractivity contribution in [3.05, 3.63) is 66.5 Å². The monoisotopic (exact) mass is 402 g/mol. The molecule has 2 atom stereocenters. The van der Waals surface area contributed by atoms with Crippen LogP contribution in [0, 0.1) is 0 Å². The van der Waals surface area contributed by atoms with Gasteiger partial charge in [0.05, 0.1) is 12.7 Å². The van der Waals surface area contributed by atoms with Crippen LogP contribution in [0.2, 0.25) is 6.32 Å². The zero-order chi connectivity index (χ0) is 21.7. The summed E-state index contributed by atoms with van der Waals surface area (Å²) >= 11 is 0. The average molecular weight is 402 g/mol. The van der Waals surface area contributed by atoms with Crippen LogP contribution in [-0.4, -0.2) is 55.2 Å². The number of hydrogen-bond acceptors (Lipinski definition) is 5. The Labute approximate surface area is 175 Å². The van der Waals surface area contributed by atoms with Gasteiger partial charge in [0.1, 0.15) is 38.7 Å². The Hall–Kier alpha value is -2.02. The molecule has 0 aromatic heterocycles. The summed E-state index contributed by atoms with van der Waals surface area (Å²) in [6.07, 6.45) is 8.37. The molecular weight excluding hydrogens is 367 g/mol. The van der Waals surface area contributed by atoms with Crippen LogP contribution >= 0.6 is 0 Å². The maximum Gasteiger partial charge on any atom is 0.119 e. The van der Waals surface area contributed by atoms with Gasteiger partial charge in [0, 0.05) is 0 Å². The molecule has 29 heavy (non-hydrogen) atoms. The molecule has 0 spiro atoms. The molecule has 160 valence electrons. The minimum absolute atomic E-state index is 0.0431. The van der Waals surface area contributed by atoms with Crippen molar-refractivity contribution in [1.82, 2.24) is 0 Å². The Morgan fingerprint density at radius 2 is 1.86 bits per heavy atom. The van der Waals surface area contributed by atoms with Gasteiger partial charge >= 0.3 is 0 Å². The molecule has 0 aliphatic heterocycles. The van der Waals surface area contributed by atoms with Gasteiger partial charge in [-0.25, -0.2) is 0 Å². The van der Waals surface area contributed by atoms with Gasteiger partial charge in [-0.05, 0) is 48.1 Å². The highest BCUT2D eigenvalue weighted by Gasteiger charge is 2.19. The quantitative estimate of drug-likeness (QED) is 0.193. The summed E-state index contributed by atoms with van der Waals surface area (Å²) < 4.78 is 11.2. The van der Waals surface area contributed by atoms with Crippen molar-refractivity contribution in [1.29, 1.82) is 0 Å². The second-order valence-corrected chi connectivity index (χ2v) is 7.67. The number of aliphatic hydroxyl groups excluding tert-OH is 3. The number of ether oxygens (including phenoxy) is 2. The van der Waals surface area contributed by atoms with Gasteiger partial charge in [-0.1, -0.05) is 44.5 Å². The molecule has 0 amide bonds. The Balaban J connectivity index is 2.69. The van der Waals surface area contributed by atoms with Crippen molar-refractivity contribution in [3.63, 3.8) is 0 Å². The van der Waals surface area contributed by atoms with E-state index in [1.54, 1.807) is 6.08 Å². The highest BCUT2D eigenvalue weighted by molar-refractivity contribution is 6.08. The van der Waals surface area contributed by atoms with E-state index in [1.165, 1.54) is 5.56 Å². The van der Waals surface area contributed by atoms with Crippen molar-refractivity contribution in [2.24, 2.45) is 0 Å². The fourth-order valence-electron chi connectivity index (χ4n) is 2.52. The molecule has 0 fully saturated rings. The Morgan fingerprint density at radius 1 is 1.17 bits per heavy atom. The third-order valence-corrected chi connectivity index (χ3v) is 4.60. The lowest BCUT2D eigenvalue weighted by Crippen LogP contribution is -2.19. The lowest BCUT2D eigenvalue weighted by Gasteiger charge is -2.24. The van der Waals surface area contributed by atoms with Crippen LogP contribution in [0.5, 0.6) is 5.75 Å². The average Bonchev–Trinajstić information content (AvgIpc) is 2.73. The van der Waals surface area contributed by atoms with Crippen molar-refractivity contribution in [2.75, 3.05) is 19.8 Å². The zero-order valence-electron chi connectivity index (χ0n) is 17.9. The fraction of sp³-hybridized carbons (Fsp3) is 0.478. The van der Waals surface area contributed by atoms with Gasteiger partial charge in [0.2, 0.25) is 0 Å². The molecule has 6 heteroatoms. The van der Waals surface area contributed by atoms with Gasteiger partial charge in [-0.3, -0.25) is 0 Å². The van der Waals surface area contributed by atoms with Crippen molar-refractivity contribution < 1.29 is 24.8 Å². The van der Waals surface area contributed by atoms with E-state index in [1.807, 2.05) is 50.3 Å². The van der Waals surface area contributed by atoms with E-state index >= 15 is 0 Å². The van der Waals surface area contributed by atoms with Crippen LogP contribution in [0.4, 0.5) is 0 Å². The van der Waals surface area contributed by atoms with Crippen molar-refractivity contribution in [3.8, 4) is 5.75 Å². The number of hydrogen-bond donors (Lipinski definition) is 3. The van der Waals surface area contributed by atoms with Gasteiger partial charge in [0.25, 0.3) is 0 Å². The van der Waals surface area contributed by atoms with E-state index in [9.17, 15) is 10.2 Å². The summed E-state index contributed by atoms with van der Waals surface area (Å²) in [5, 5.41) is 28.0. The minimum Gasteiger partial charge on any atom is -0.491 e. The highest BCUT2D eigenvalue weighted by atomic mass is 16.5. The minimum atomic E-state index is -0.897. The summed E-state index contributed by atoms with van der Waals surface area (Å²) in [7, 11) is 1.92. The van der Waals surface area contributed by atoms with Gasteiger partial charge < -0.3 is 24.8 Å². The second kappa shape index (κ2) is 13.3. The SMILES string of the molecule is BCC(O)COc1ccc(C(C)(C)C/C=C\C(=C/CC=C)OCC(O)CO)cc1. The third kappa shape index (κ3) is 9.84. The molecule has 1 aromatic carbocycles. The van der Waals surface area contributed by atoms with E-state index in [4.69, 9.17) is 14.6 Å². The molecule has 0 bridgehead atoms. The van der Waals surface area contributed by atoms with Crippen LogP contribution < -0.4 is 4.74 Å². The van der Waals surface area contributed by atoms with E-state index < -0.39 is 12.2 Å². The summed E-state index contributed by atoms with van der Waals surface area (Å²) in [4.78, 5) is 0. The van der Waals surface area contributed by atoms with Crippen LogP contribution in [0.3, 0.4) is 0 Å². The molecule has 0 saturated carbocycles. The van der Waals surface area contributed by atoms with E-state index in [0.717, 1.165) is 12.2 Å². The van der Waals surface area contributed by atoms with Crippen LogP contribution in [0.1, 0.15) is 32.3 Å². The van der Waals surface area contributed by atoms with Crippen molar-refractivity contribution >= 4 is 7.85 Å². The predicted molar refractivity (Wildman–Crippen MR) is 120 cm³/mol. The molecule has 0 aliphatic rings. The standard InChI is InChI=1S/C23H35BO5/c1-4-5-7-21(29-17-20(27)15-25)8-6-13-23(2,3)18-9-11-22(12-10-18)28-16-19(26)14-24/h4,6-12,19-20,25-27H,1,5,13-17,24H2,2-3H3/b8-6-,21-7+. The maximum absolute atomic E-state index is 9.60. The molecule has 2 unspecified atom stereocenters. The first kappa shape index (κ1) is 25.0. The first-order valence-corrected chi connectivity index (χ1v) is 10.1. The van der Waals surface area contributed by atoms with E-state index in [2.05, 4.69) is 20.4 Å². The number of allylic oxidation sites excluding steroid dienone is 4. The summed E-state index contributed by atoms with van der Waals surface area (Å²) in [6.45, 7) is 8.04. The summed E-state index contributed by atoms with van der Waals surface area (Å²) in [6, 6.07) is 7.95. The van der Waals surface area contributed by atoms with Crippen LogP contribution in [0.25, 0.3) is 0 Å². The number of rotatable bonds is 14. The lowest BCUT2D eigenvalue weighted by atomic mass is 9.81. The molecular formula is C23H35BO5. The van der Waals surface area contributed by atoms with E-state index in [0.29, 0.717) is 25.1 Å². The Morgan fingerprint density at radius 3 is 2.45 bits per heavy atom.